The highest BCUT2D eigenvalue weighted by Crippen LogP contribution is 2.35. The molecule has 5 heterocycles. The van der Waals surface area contributed by atoms with Gasteiger partial charge in [-0.3, -0.25) is 19.9 Å². The first-order chi connectivity index (χ1) is 18.6. The molecule has 0 unspecified atom stereocenters. The number of fused-ring (bicyclic) bond motifs is 2. The number of nitrogens with zero attached hydrogens (tertiary/aromatic N) is 4. The van der Waals surface area contributed by atoms with Gasteiger partial charge in [-0.15, -0.1) is 0 Å². The number of carbonyl (C=O) groups is 1. The molecule has 0 atom stereocenters. The van der Waals surface area contributed by atoms with Crippen LogP contribution in [0.25, 0.3) is 55.6 Å². The highest BCUT2D eigenvalue weighted by molar-refractivity contribution is 6.01. The fourth-order valence-corrected chi connectivity index (χ4v) is 4.92. The van der Waals surface area contributed by atoms with Crippen LogP contribution >= 0.6 is 0 Å². The minimum Gasteiger partial charge on any atom is -0.352 e. The average molecular weight is 504 g/mol. The summed E-state index contributed by atoms with van der Waals surface area (Å²) in [5, 5.41) is 12.1. The number of halogens is 1. The summed E-state index contributed by atoms with van der Waals surface area (Å²) in [5.74, 6) is -0.162. The minimum absolute atomic E-state index is 0.0453. The smallest absolute Gasteiger partial charge is 0.227 e. The molecule has 7 rings (SSSR count). The Kier molecular flexibility index (Phi) is 5.21. The third-order valence-corrected chi connectivity index (χ3v) is 7.20. The van der Waals surface area contributed by atoms with Gasteiger partial charge < -0.3 is 10.3 Å². The van der Waals surface area contributed by atoms with Crippen LogP contribution in [0.3, 0.4) is 0 Å². The first kappa shape index (κ1) is 22.3. The van der Waals surface area contributed by atoms with Crippen molar-refractivity contribution in [1.29, 1.82) is 0 Å². The molecule has 0 saturated heterocycles. The average Bonchev–Trinajstić information content (AvgIpc) is 3.52. The normalized spacial score (nSPS) is 13.6. The van der Waals surface area contributed by atoms with Gasteiger partial charge in [0, 0.05) is 57.5 Å². The molecule has 0 radical (unpaired) electrons. The molecule has 186 valence electrons. The number of hydrogen-bond acceptors (Lipinski definition) is 5. The van der Waals surface area contributed by atoms with Crippen molar-refractivity contribution in [3.63, 3.8) is 0 Å². The first-order valence-corrected chi connectivity index (χ1v) is 12.5. The highest BCUT2D eigenvalue weighted by Gasteiger charge is 2.25. The number of nitrogens with one attached hydrogen (secondary N) is 3. The van der Waals surface area contributed by atoms with E-state index in [1.807, 2.05) is 24.3 Å². The summed E-state index contributed by atoms with van der Waals surface area (Å²) in [6.07, 6.45) is 11.5. The molecule has 1 amide bonds. The summed E-state index contributed by atoms with van der Waals surface area (Å²) in [5.41, 5.74) is 6.43. The number of anilines is 1. The number of rotatable bonds is 5. The SMILES string of the molecule is O=C(Nc1cncc(-c2cnc3n[nH]c(-c4cc5c(-c6ccccc6F)cncc5[nH]4)c3c2)c1)C1CCC1. The van der Waals surface area contributed by atoms with Crippen molar-refractivity contribution in [2.75, 3.05) is 5.32 Å². The van der Waals surface area contributed by atoms with Gasteiger partial charge in [0.05, 0.1) is 35.0 Å². The maximum atomic E-state index is 14.6. The van der Waals surface area contributed by atoms with Crippen LogP contribution in [0.2, 0.25) is 0 Å². The Morgan fingerprint density at radius 3 is 2.61 bits per heavy atom. The number of hydrogen-bond donors (Lipinski definition) is 3. The van der Waals surface area contributed by atoms with Crippen LogP contribution in [0, 0.1) is 11.7 Å². The maximum Gasteiger partial charge on any atom is 0.227 e. The molecule has 5 aromatic heterocycles. The summed E-state index contributed by atoms with van der Waals surface area (Å²) >= 11 is 0. The van der Waals surface area contributed by atoms with E-state index in [2.05, 4.69) is 35.5 Å². The van der Waals surface area contributed by atoms with Crippen LogP contribution in [0.5, 0.6) is 0 Å². The molecule has 9 heteroatoms. The standard InChI is InChI=1S/C29H22FN7O/c30-24-7-2-1-6-20(24)23-14-32-15-26-21(23)10-25(35-26)27-22-9-18(12-33-28(22)37-36-27)17-8-19(13-31-11-17)34-29(38)16-4-3-5-16/h1-2,6-16,35H,3-5H2,(H,34,38)(H,33,36,37). The second-order valence-corrected chi connectivity index (χ2v) is 9.58. The second-order valence-electron chi connectivity index (χ2n) is 9.58. The van der Waals surface area contributed by atoms with Crippen molar-refractivity contribution in [1.82, 2.24) is 30.1 Å². The second kappa shape index (κ2) is 8.88. The van der Waals surface area contributed by atoms with Crippen molar-refractivity contribution in [3.8, 4) is 33.6 Å². The monoisotopic (exact) mass is 503 g/mol. The van der Waals surface area contributed by atoms with E-state index < -0.39 is 0 Å². The van der Waals surface area contributed by atoms with Crippen molar-refractivity contribution < 1.29 is 9.18 Å². The van der Waals surface area contributed by atoms with Gasteiger partial charge in [-0.2, -0.15) is 5.10 Å². The van der Waals surface area contributed by atoms with Gasteiger partial charge in [0.15, 0.2) is 5.65 Å². The topological polar surface area (TPSA) is 112 Å². The van der Waals surface area contributed by atoms with E-state index in [-0.39, 0.29) is 17.6 Å². The van der Waals surface area contributed by atoms with Crippen molar-refractivity contribution in [3.05, 3.63) is 79.3 Å². The molecular weight excluding hydrogens is 481 g/mol. The van der Waals surface area contributed by atoms with Gasteiger partial charge in [0.1, 0.15) is 5.82 Å². The Bertz CT molecular complexity index is 1840. The van der Waals surface area contributed by atoms with Crippen LogP contribution in [-0.2, 0) is 4.79 Å². The van der Waals surface area contributed by atoms with Crippen LogP contribution in [0.4, 0.5) is 10.1 Å². The van der Waals surface area contributed by atoms with Gasteiger partial charge in [0.25, 0.3) is 0 Å². The van der Waals surface area contributed by atoms with Crippen LogP contribution in [-0.4, -0.2) is 36.0 Å². The van der Waals surface area contributed by atoms with E-state index in [1.54, 1.807) is 43.1 Å². The molecule has 0 aliphatic heterocycles. The number of amides is 1. The largest absolute Gasteiger partial charge is 0.352 e. The number of H-pyrrole nitrogens is 2. The molecule has 6 aromatic rings. The van der Waals surface area contributed by atoms with Gasteiger partial charge in [-0.05, 0) is 37.1 Å². The third-order valence-electron chi connectivity index (χ3n) is 7.20. The zero-order valence-corrected chi connectivity index (χ0v) is 20.2. The van der Waals surface area contributed by atoms with E-state index in [4.69, 9.17) is 0 Å². The fraction of sp³-hybridized carbons (Fsp3) is 0.138. The van der Waals surface area contributed by atoms with E-state index in [9.17, 15) is 9.18 Å². The predicted octanol–water partition coefficient (Wildman–Crippen LogP) is 6.11. The number of aromatic amines is 2. The van der Waals surface area contributed by atoms with E-state index in [0.717, 1.165) is 58.1 Å². The van der Waals surface area contributed by atoms with E-state index in [1.165, 1.54) is 6.07 Å². The maximum absolute atomic E-state index is 14.6. The summed E-state index contributed by atoms with van der Waals surface area (Å²) in [6.45, 7) is 0. The molecule has 0 spiro atoms. The minimum atomic E-state index is -0.301. The molecule has 8 nitrogen and oxygen atoms in total. The van der Waals surface area contributed by atoms with Crippen LogP contribution < -0.4 is 5.32 Å². The molecule has 38 heavy (non-hydrogen) atoms. The Hall–Kier alpha value is -4.92. The lowest BCUT2D eigenvalue weighted by Gasteiger charge is -2.24. The highest BCUT2D eigenvalue weighted by atomic mass is 19.1. The van der Waals surface area contributed by atoms with Crippen molar-refractivity contribution in [2.24, 2.45) is 5.92 Å². The predicted molar refractivity (Wildman–Crippen MR) is 144 cm³/mol. The third kappa shape index (κ3) is 3.80. The lowest BCUT2D eigenvalue weighted by atomic mass is 9.85. The number of benzene rings is 1. The molecule has 1 saturated carbocycles. The van der Waals surface area contributed by atoms with Crippen LogP contribution in [0.1, 0.15) is 19.3 Å². The number of carbonyl (C=O) groups excluding carboxylic acids is 1. The van der Waals surface area contributed by atoms with Gasteiger partial charge in [-0.1, -0.05) is 24.6 Å². The van der Waals surface area contributed by atoms with Crippen LogP contribution in [0.15, 0.2) is 73.4 Å². The Labute approximate surface area is 216 Å². The lowest BCUT2D eigenvalue weighted by Crippen LogP contribution is -2.28. The summed E-state index contributed by atoms with van der Waals surface area (Å²) < 4.78 is 14.6. The fourth-order valence-electron chi connectivity index (χ4n) is 4.92. The number of aromatic nitrogens is 6. The van der Waals surface area contributed by atoms with Gasteiger partial charge in [-0.25, -0.2) is 9.37 Å². The Morgan fingerprint density at radius 2 is 1.76 bits per heavy atom. The molecule has 0 bridgehead atoms. The van der Waals surface area contributed by atoms with E-state index >= 15 is 0 Å². The summed E-state index contributed by atoms with van der Waals surface area (Å²) in [6, 6.07) is 12.5. The van der Waals surface area contributed by atoms with Crippen molar-refractivity contribution in [2.45, 2.75) is 19.3 Å². The lowest BCUT2D eigenvalue weighted by molar-refractivity contribution is -0.122. The summed E-state index contributed by atoms with van der Waals surface area (Å²) in [4.78, 5) is 29.0. The van der Waals surface area contributed by atoms with Crippen molar-refractivity contribution >= 4 is 33.5 Å². The quantitative estimate of drug-likeness (QED) is 0.263. The molecule has 1 aliphatic carbocycles. The zero-order chi connectivity index (χ0) is 25.6. The van der Waals surface area contributed by atoms with E-state index in [0.29, 0.717) is 22.5 Å². The number of pyridine rings is 3. The molecule has 3 N–H and O–H groups in total. The Morgan fingerprint density at radius 1 is 0.921 bits per heavy atom. The zero-order valence-electron chi connectivity index (χ0n) is 20.2. The molecular formula is C29H22FN7O. The van der Waals surface area contributed by atoms with Gasteiger partial charge >= 0.3 is 0 Å². The first-order valence-electron chi connectivity index (χ1n) is 12.5. The molecule has 1 fully saturated rings. The summed E-state index contributed by atoms with van der Waals surface area (Å²) in [7, 11) is 0. The Balaban J connectivity index is 1.27. The molecule has 1 aliphatic rings. The van der Waals surface area contributed by atoms with Gasteiger partial charge in [0.2, 0.25) is 5.91 Å². The molecule has 1 aromatic carbocycles.